The highest BCUT2D eigenvalue weighted by molar-refractivity contribution is 6.40. The molecule has 1 aliphatic heterocycles. The molecular weight excluding hydrogens is 313 g/mol. The first kappa shape index (κ1) is 20.9. The lowest BCUT2D eigenvalue weighted by atomic mass is 9.81. The van der Waals surface area contributed by atoms with Crippen LogP contribution in [0.2, 0.25) is 6.32 Å². The Balaban J connectivity index is 2.58. The van der Waals surface area contributed by atoms with E-state index in [-0.39, 0.29) is 30.1 Å². The fraction of sp³-hybridized carbons (Fsp3) is 0.867. The average Bonchev–Trinajstić information content (AvgIpc) is 2.86. The number of unbranched alkanes of at least 4 members (excludes halogenated alkanes) is 1. The smallest absolute Gasteiger partial charge is 0.451 e. The molecule has 0 aromatic carbocycles. The second kappa shape index (κ2) is 8.29. The quantitative estimate of drug-likeness (QED) is 0.253. The molecule has 0 unspecified atom stereocenters. The summed E-state index contributed by atoms with van der Waals surface area (Å²) in [5.74, 6) is -1.23. The van der Waals surface area contributed by atoms with Crippen LogP contribution in [0.3, 0.4) is 0 Å². The molecule has 1 amide bonds. The number of rotatable bonds is 8. The van der Waals surface area contributed by atoms with Gasteiger partial charge in [0, 0.05) is 12.6 Å². The second-order valence-electron chi connectivity index (χ2n) is 7.75. The van der Waals surface area contributed by atoms with Gasteiger partial charge in [-0.1, -0.05) is 33.6 Å². The fourth-order valence-corrected chi connectivity index (χ4v) is 2.88. The van der Waals surface area contributed by atoms with Gasteiger partial charge in [0.15, 0.2) is 0 Å². The summed E-state index contributed by atoms with van der Waals surface area (Å²) in [6.07, 6.45) is 1.95. The summed E-state index contributed by atoms with van der Waals surface area (Å²) in [7, 11) is -1.37. The molecule has 1 saturated heterocycles. The van der Waals surface area contributed by atoms with E-state index < -0.39 is 24.7 Å². The van der Waals surface area contributed by atoms with Gasteiger partial charge in [0.05, 0.1) is 6.04 Å². The lowest BCUT2D eigenvalue weighted by molar-refractivity contribution is -0.144. The molecule has 0 aromatic rings. The molecule has 0 aromatic heterocycles. The van der Waals surface area contributed by atoms with Crippen LogP contribution >= 0.6 is 0 Å². The van der Waals surface area contributed by atoms with Gasteiger partial charge in [-0.15, -0.1) is 0 Å². The summed E-state index contributed by atoms with van der Waals surface area (Å²) < 4.78 is 0. The van der Waals surface area contributed by atoms with Crippen molar-refractivity contribution in [2.45, 2.75) is 70.4 Å². The van der Waals surface area contributed by atoms with Crippen molar-refractivity contribution in [3.8, 4) is 0 Å². The third-order valence-corrected chi connectivity index (χ3v) is 4.57. The van der Waals surface area contributed by atoms with Crippen molar-refractivity contribution in [1.29, 1.82) is 0 Å². The van der Waals surface area contributed by atoms with Gasteiger partial charge < -0.3 is 26.2 Å². The normalized spacial score (nSPS) is 25.3. The number of aliphatic carboxylic acids is 1. The zero-order chi connectivity index (χ0) is 18.5. The number of nitrogens with two attached hydrogens (primary N) is 1. The maximum absolute atomic E-state index is 12.2. The largest absolute Gasteiger partial charge is 0.480 e. The van der Waals surface area contributed by atoms with Crippen LogP contribution in [0.1, 0.15) is 46.5 Å². The van der Waals surface area contributed by atoms with E-state index in [0.717, 1.165) is 0 Å². The minimum Gasteiger partial charge on any atom is -0.480 e. The van der Waals surface area contributed by atoms with Crippen molar-refractivity contribution < 1.29 is 24.7 Å². The van der Waals surface area contributed by atoms with E-state index >= 15 is 0 Å². The van der Waals surface area contributed by atoms with E-state index in [9.17, 15) is 14.7 Å². The van der Waals surface area contributed by atoms with E-state index in [1.54, 1.807) is 0 Å². The van der Waals surface area contributed by atoms with Crippen molar-refractivity contribution in [3.05, 3.63) is 0 Å². The molecule has 1 fully saturated rings. The first-order chi connectivity index (χ1) is 11.0. The Labute approximate surface area is 143 Å². The number of hydrogen-bond acceptors (Lipinski definition) is 6. The summed E-state index contributed by atoms with van der Waals surface area (Å²) >= 11 is 0. The molecule has 1 rings (SSSR count). The van der Waals surface area contributed by atoms with E-state index in [1.807, 2.05) is 20.8 Å². The van der Waals surface area contributed by atoms with Gasteiger partial charge in [-0.3, -0.25) is 14.9 Å². The number of amides is 1. The predicted octanol–water partition coefficient (Wildman–Crippen LogP) is -0.696. The Kier molecular flexibility index (Phi) is 7.21. The standard InChI is InChI=1S/C15H30BN3O5/c1-14(2,3)11(17)12(20)19-10-8-15(13(21)22,18-9-10)6-4-5-7-16(23)24/h10-11,18,23-24H,4-9,17H2,1-3H3,(H,19,20)(H,21,22)/t10-,11-,15-/m1/s1. The molecule has 1 aliphatic rings. The molecular formula is C15H30BN3O5. The minimum absolute atomic E-state index is 0.219. The molecule has 9 heteroatoms. The van der Waals surface area contributed by atoms with Crippen LogP contribution in [0.4, 0.5) is 0 Å². The summed E-state index contributed by atoms with van der Waals surface area (Å²) in [5.41, 5.74) is 4.47. The molecule has 0 saturated carbocycles. The third-order valence-electron chi connectivity index (χ3n) is 4.57. The Bertz CT molecular complexity index is 455. The Hall–Kier alpha value is -1.16. The Morgan fingerprint density at radius 3 is 2.50 bits per heavy atom. The summed E-state index contributed by atoms with van der Waals surface area (Å²) in [5, 5.41) is 33.1. The molecule has 8 nitrogen and oxygen atoms in total. The van der Waals surface area contributed by atoms with Crippen LogP contribution in [-0.4, -0.2) is 58.3 Å². The van der Waals surface area contributed by atoms with E-state index in [2.05, 4.69) is 10.6 Å². The van der Waals surface area contributed by atoms with Crippen molar-refractivity contribution in [2.75, 3.05) is 6.54 Å². The van der Waals surface area contributed by atoms with Crippen LogP contribution in [0.25, 0.3) is 0 Å². The summed E-state index contributed by atoms with van der Waals surface area (Å²) in [4.78, 5) is 23.9. The van der Waals surface area contributed by atoms with E-state index in [0.29, 0.717) is 25.8 Å². The predicted molar refractivity (Wildman–Crippen MR) is 91.2 cm³/mol. The summed E-state index contributed by atoms with van der Waals surface area (Å²) in [6, 6.07) is -0.950. The fourth-order valence-electron chi connectivity index (χ4n) is 2.88. The topological polar surface area (TPSA) is 145 Å². The highest BCUT2D eigenvalue weighted by Gasteiger charge is 2.45. The average molecular weight is 343 g/mol. The molecule has 24 heavy (non-hydrogen) atoms. The molecule has 138 valence electrons. The van der Waals surface area contributed by atoms with Crippen molar-refractivity contribution in [3.63, 3.8) is 0 Å². The van der Waals surface area contributed by atoms with Crippen LogP contribution in [0.5, 0.6) is 0 Å². The highest BCUT2D eigenvalue weighted by atomic mass is 16.4. The number of carbonyl (C=O) groups excluding carboxylic acids is 1. The lowest BCUT2D eigenvalue weighted by Crippen LogP contribution is -2.52. The van der Waals surface area contributed by atoms with Crippen molar-refractivity contribution in [1.82, 2.24) is 10.6 Å². The monoisotopic (exact) mass is 343 g/mol. The van der Waals surface area contributed by atoms with E-state index in [1.165, 1.54) is 0 Å². The van der Waals surface area contributed by atoms with Crippen molar-refractivity contribution >= 4 is 19.0 Å². The molecule has 1 heterocycles. The van der Waals surface area contributed by atoms with Crippen LogP contribution in [0.15, 0.2) is 0 Å². The van der Waals surface area contributed by atoms with Gasteiger partial charge >= 0.3 is 13.1 Å². The van der Waals surface area contributed by atoms with E-state index in [4.69, 9.17) is 15.8 Å². The first-order valence-corrected chi connectivity index (χ1v) is 8.38. The molecule has 0 bridgehead atoms. The number of carbonyl (C=O) groups is 2. The van der Waals surface area contributed by atoms with Gasteiger partial charge in [0.2, 0.25) is 5.91 Å². The van der Waals surface area contributed by atoms with Crippen LogP contribution < -0.4 is 16.4 Å². The maximum atomic E-state index is 12.2. The molecule has 0 aliphatic carbocycles. The number of carboxylic acid groups (broad SMARTS) is 1. The van der Waals surface area contributed by atoms with Gasteiger partial charge in [-0.2, -0.15) is 0 Å². The Morgan fingerprint density at radius 2 is 2.00 bits per heavy atom. The highest BCUT2D eigenvalue weighted by Crippen LogP contribution is 2.27. The number of carboxylic acids is 1. The molecule has 3 atom stereocenters. The number of hydrogen-bond donors (Lipinski definition) is 6. The molecule has 0 radical (unpaired) electrons. The SMILES string of the molecule is CC(C)(C)[C@H](N)C(=O)N[C@H]1CN[C@@](CCCCB(O)O)(C(=O)O)C1. The zero-order valence-corrected chi connectivity index (χ0v) is 14.7. The molecule has 7 N–H and O–H groups in total. The Morgan fingerprint density at radius 1 is 1.38 bits per heavy atom. The van der Waals surface area contributed by atoms with Gasteiger partial charge in [0.25, 0.3) is 0 Å². The maximum Gasteiger partial charge on any atom is 0.451 e. The van der Waals surface area contributed by atoms with Crippen molar-refractivity contribution in [2.24, 2.45) is 11.1 Å². The van der Waals surface area contributed by atoms with Gasteiger partial charge in [-0.05, 0) is 24.6 Å². The lowest BCUT2D eigenvalue weighted by Gasteiger charge is -2.28. The summed E-state index contributed by atoms with van der Waals surface area (Å²) in [6.45, 7) is 6.00. The van der Waals surface area contributed by atoms with Gasteiger partial charge in [-0.25, -0.2) is 0 Å². The zero-order valence-electron chi connectivity index (χ0n) is 14.7. The second-order valence-corrected chi connectivity index (χ2v) is 7.75. The van der Waals surface area contributed by atoms with Gasteiger partial charge in [0.1, 0.15) is 5.54 Å². The van der Waals surface area contributed by atoms with Crippen LogP contribution in [-0.2, 0) is 9.59 Å². The first-order valence-electron chi connectivity index (χ1n) is 8.38. The number of nitrogens with one attached hydrogen (secondary N) is 2. The van der Waals surface area contributed by atoms with Crippen LogP contribution in [0, 0.1) is 5.41 Å². The minimum atomic E-state index is -1.37. The molecule has 0 spiro atoms. The third kappa shape index (κ3) is 5.73.